The molecule has 1 aliphatic rings. The van der Waals surface area contributed by atoms with Gasteiger partial charge in [0.25, 0.3) is 0 Å². The number of hydrogen-bond acceptors (Lipinski definition) is 3. The monoisotopic (exact) mass is 416 g/mol. The van der Waals surface area contributed by atoms with Crippen molar-refractivity contribution in [2.75, 3.05) is 11.9 Å². The van der Waals surface area contributed by atoms with Crippen LogP contribution >= 0.6 is 23.2 Å². The number of nitrogens with zero attached hydrogens (tertiary/aromatic N) is 1. The fraction of sp³-hybridized carbons (Fsp3) is 0.235. The summed E-state index contributed by atoms with van der Waals surface area (Å²) < 4.78 is 40.1. The Morgan fingerprint density at radius 3 is 2.50 bits per heavy atom. The maximum absolute atomic E-state index is 13.2. The van der Waals surface area contributed by atoms with Gasteiger partial charge in [-0.15, -0.1) is 0 Å². The number of sulfonamides is 1. The van der Waals surface area contributed by atoms with Crippen LogP contribution in [0.1, 0.15) is 12.8 Å². The molecule has 0 bridgehead atoms. The molecule has 1 unspecified atom stereocenters. The van der Waals surface area contributed by atoms with Gasteiger partial charge in [0.2, 0.25) is 15.9 Å². The summed E-state index contributed by atoms with van der Waals surface area (Å²) in [5.74, 6) is -1.08. The summed E-state index contributed by atoms with van der Waals surface area (Å²) in [5, 5.41) is 2.90. The minimum absolute atomic E-state index is 0.0754. The van der Waals surface area contributed by atoms with E-state index >= 15 is 0 Å². The topological polar surface area (TPSA) is 66.5 Å². The third-order valence-corrected chi connectivity index (χ3v) is 6.58. The molecule has 1 heterocycles. The van der Waals surface area contributed by atoms with Crippen LogP contribution in [0.4, 0.5) is 10.1 Å². The van der Waals surface area contributed by atoms with E-state index in [0.29, 0.717) is 23.6 Å². The molecule has 1 N–H and O–H groups in total. The van der Waals surface area contributed by atoms with E-state index in [-0.39, 0.29) is 16.5 Å². The number of rotatable bonds is 4. The predicted molar refractivity (Wildman–Crippen MR) is 98.4 cm³/mol. The van der Waals surface area contributed by atoms with Gasteiger partial charge in [-0.25, -0.2) is 12.8 Å². The highest BCUT2D eigenvalue weighted by molar-refractivity contribution is 7.89. The van der Waals surface area contributed by atoms with Crippen LogP contribution in [-0.4, -0.2) is 31.2 Å². The fourth-order valence-electron chi connectivity index (χ4n) is 2.83. The number of carbonyl (C=O) groups is 1. The Morgan fingerprint density at radius 2 is 1.85 bits per heavy atom. The van der Waals surface area contributed by atoms with Gasteiger partial charge in [-0.05, 0) is 55.3 Å². The van der Waals surface area contributed by atoms with Gasteiger partial charge in [0.1, 0.15) is 11.9 Å². The van der Waals surface area contributed by atoms with Crippen LogP contribution in [0.25, 0.3) is 0 Å². The molecule has 1 amide bonds. The summed E-state index contributed by atoms with van der Waals surface area (Å²) in [6, 6.07) is 8.72. The molecule has 26 heavy (non-hydrogen) atoms. The average Bonchev–Trinajstić information content (AvgIpc) is 3.09. The Hall–Kier alpha value is -1.67. The molecule has 138 valence electrons. The summed E-state index contributed by atoms with van der Waals surface area (Å²) in [7, 11) is -3.83. The second-order valence-electron chi connectivity index (χ2n) is 5.85. The second-order valence-corrected chi connectivity index (χ2v) is 8.58. The highest BCUT2D eigenvalue weighted by atomic mass is 35.5. The summed E-state index contributed by atoms with van der Waals surface area (Å²) >= 11 is 11.5. The Balaban J connectivity index is 1.81. The molecule has 0 aliphatic carbocycles. The number of amides is 1. The molecule has 0 radical (unpaired) electrons. The molecule has 1 atom stereocenters. The molecular weight excluding hydrogens is 402 g/mol. The van der Waals surface area contributed by atoms with Gasteiger partial charge in [0.05, 0.1) is 9.92 Å². The Bertz CT molecular complexity index is 936. The van der Waals surface area contributed by atoms with Crippen LogP contribution in [0.2, 0.25) is 10.0 Å². The smallest absolute Gasteiger partial charge is 0.243 e. The van der Waals surface area contributed by atoms with E-state index in [0.717, 1.165) is 6.07 Å². The van der Waals surface area contributed by atoms with Crippen LogP contribution in [-0.2, 0) is 14.8 Å². The zero-order valence-electron chi connectivity index (χ0n) is 13.5. The lowest BCUT2D eigenvalue weighted by atomic mass is 10.2. The normalized spacial score (nSPS) is 18.0. The highest BCUT2D eigenvalue weighted by Crippen LogP contribution is 2.28. The van der Waals surface area contributed by atoms with Crippen molar-refractivity contribution in [3.63, 3.8) is 0 Å². The molecule has 2 aromatic carbocycles. The molecule has 2 aromatic rings. The van der Waals surface area contributed by atoms with Gasteiger partial charge < -0.3 is 5.32 Å². The molecular formula is C17H15Cl2FN2O3S. The van der Waals surface area contributed by atoms with Gasteiger partial charge >= 0.3 is 0 Å². The lowest BCUT2D eigenvalue weighted by Crippen LogP contribution is -2.43. The first-order chi connectivity index (χ1) is 12.3. The summed E-state index contributed by atoms with van der Waals surface area (Å²) in [5.41, 5.74) is 0.303. The number of nitrogens with one attached hydrogen (secondary N) is 1. The van der Waals surface area contributed by atoms with Crippen molar-refractivity contribution in [2.45, 2.75) is 23.8 Å². The number of anilines is 1. The average molecular weight is 417 g/mol. The third-order valence-electron chi connectivity index (χ3n) is 4.11. The molecule has 1 aliphatic heterocycles. The van der Waals surface area contributed by atoms with Crippen molar-refractivity contribution in [3.05, 3.63) is 58.3 Å². The zero-order valence-corrected chi connectivity index (χ0v) is 15.8. The SMILES string of the molecule is O=C(Nc1ccc(F)c(Cl)c1)C1CCCN1S(=O)(=O)c1ccc(Cl)cc1. The van der Waals surface area contributed by atoms with Gasteiger partial charge in [-0.3, -0.25) is 4.79 Å². The van der Waals surface area contributed by atoms with Gasteiger partial charge in [-0.2, -0.15) is 4.31 Å². The van der Waals surface area contributed by atoms with E-state index < -0.39 is 27.8 Å². The van der Waals surface area contributed by atoms with Crippen molar-refractivity contribution in [3.8, 4) is 0 Å². The quantitative estimate of drug-likeness (QED) is 0.820. The van der Waals surface area contributed by atoms with E-state index in [1.54, 1.807) is 0 Å². The molecule has 0 aromatic heterocycles. The van der Waals surface area contributed by atoms with Crippen molar-refractivity contribution >= 4 is 44.8 Å². The number of hydrogen-bond donors (Lipinski definition) is 1. The van der Waals surface area contributed by atoms with Crippen LogP contribution in [0.15, 0.2) is 47.4 Å². The predicted octanol–water partition coefficient (Wildman–Crippen LogP) is 3.92. The number of carbonyl (C=O) groups excluding carboxylic acids is 1. The van der Waals surface area contributed by atoms with E-state index in [2.05, 4.69) is 5.32 Å². The maximum Gasteiger partial charge on any atom is 0.243 e. The summed E-state index contributed by atoms with van der Waals surface area (Å²) in [4.78, 5) is 12.7. The summed E-state index contributed by atoms with van der Waals surface area (Å²) in [6.07, 6.45) is 0.961. The highest BCUT2D eigenvalue weighted by Gasteiger charge is 2.39. The molecule has 5 nitrogen and oxygen atoms in total. The molecule has 0 saturated carbocycles. The maximum atomic E-state index is 13.2. The van der Waals surface area contributed by atoms with Crippen molar-refractivity contribution in [1.82, 2.24) is 4.31 Å². The Kier molecular flexibility index (Phi) is 5.53. The van der Waals surface area contributed by atoms with Crippen LogP contribution in [0.5, 0.6) is 0 Å². The molecule has 0 spiro atoms. The molecule has 9 heteroatoms. The number of benzene rings is 2. The first-order valence-electron chi connectivity index (χ1n) is 7.82. The van der Waals surface area contributed by atoms with E-state index in [1.165, 1.54) is 40.7 Å². The van der Waals surface area contributed by atoms with Gasteiger partial charge in [-0.1, -0.05) is 23.2 Å². The van der Waals surface area contributed by atoms with Crippen LogP contribution in [0.3, 0.4) is 0 Å². The molecule has 1 saturated heterocycles. The molecule has 1 fully saturated rings. The Morgan fingerprint density at radius 1 is 1.15 bits per heavy atom. The minimum Gasteiger partial charge on any atom is -0.325 e. The first-order valence-corrected chi connectivity index (χ1v) is 10.0. The van der Waals surface area contributed by atoms with Gasteiger partial charge in [0, 0.05) is 17.3 Å². The van der Waals surface area contributed by atoms with Crippen molar-refractivity contribution < 1.29 is 17.6 Å². The second kappa shape index (κ2) is 7.52. The lowest BCUT2D eigenvalue weighted by Gasteiger charge is -2.23. The van der Waals surface area contributed by atoms with Gasteiger partial charge in [0.15, 0.2) is 0 Å². The first kappa shape index (κ1) is 19.1. The standard InChI is InChI=1S/C17H15Cl2FN2O3S/c18-11-3-6-13(7-4-11)26(24,25)22-9-1-2-16(22)17(23)21-12-5-8-15(20)14(19)10-12/h3-8,10,16H,1-2,9H2,(H,21,23). The van der Waals surface area contributed by atoms with Crippen LogP contribution < -0.4 is 5.32 Å². The summed E-state index contributed by atoms with van der Waals surface area (Å²) in [6.45, 7) is 0.243. The fourth-order valence-corrected chi connectivity index (χ4v) is 4.79. The molecule has 3 rings (SSSR count). The van der Waals surface area contributed by atoms with Crippen molar-refractivity contribution in [1.29, 1.82) is 0 Å². The number of halogens is 3. The zero-order chi connectivity index (χ0) is 18.9. The largest absolute Gasteiger partial charge is 0.325 e. The van der Waals surface area contributed by atoms with E-state index in [1.807, 2.05) is 0 Å². The van der Waals surface area contributed by atoms with Crippen molar-refractivity contribution in [2.24, 2.45) is 0 Å². The van der Waals surface area contributed by atoms with Crippen LogP contribution in [0, 0.1) is 5.82 Å². The van der Waals surface area contributed by atoms with E-state index in [9.17, 15) is 17.6 Å². The van der Waals surface area contributed by atoms with E-state index in [4.69, 9.17) is 23.2 Å². The lowest BCUT2D eigenvalue weighted by molar-refractivity contribution is -0.119. The minimum atomic E-state index is -3.83. The Labute approximate surface area is 160 Å². The third kappa shape index (κ3) is 3.86.